The van der Waals surface area contributed by atoms with Crippen LogP contribution in [0.2, 0.25) is 0 Å². The standard InChI is InChI=1S/C16H14BrFN2O/c17-12-5-3-6-13(18)16(12)20-15(21)8-10-9-19-14-7-2-1-4-11(10)14/h1-7,10,19H,8-9H2,(H,20,21). The zero-order valence-electron chi connectivity index (χ0n) is 11.2. The van der Waals surface area contributed by atoms with Crippen molar-refractivity contribution in [1.29, 1.82) is 0 Å². The van der Waals surface area contributed by atoms with Gasteiger partial charge in [-0.15, -0.1) is 0 Å². The fraction of sp³-hybridized carbons (Fsp3) is 0.188. The molecular formula is C16H14BrFN2O. The van der Waals surface area contributed by atoms with Crippen molar-refractivity contribution < 1.29 is 9.18 Å². The fourth-order valence-electron chi connectivity index (χ4n) is 2.57. The quantitative estimate of drug-likeness (QED) is 0.875. The molecule has 1 heterocycles. The van der Waals surface area contributed by atoms with E-state index in [0.717, 1.165) is 17.8 Å². The second kappa shape index (κ2) is 5.85. The molecule has 0 aromatic heterocycles. The van der Waals surface area contributed by atoms with Crippen LogP contribution in [0.15, 0.2) is 46.9 Å². The highest BCUT2D eigenvalue weighted by atomic mass is 79.9. The average Bonchev–Trinajstić information content (AvgIpc) is 2.87. The molecule has 3 nitrogen and oxygen atoms in total. The van der Waals surface area contributed by atoms with Crippen LogP contribution in [0.25, 0.3) is 0 Å². The van der Waals surface area contributed by atoms with Gasteiger partial charge in [0.05, 0.1) is 5.69 Å². The van der Waals surface area contributed by atoms with Gasteiger partial charge >= 0.3 is 0 Å². The Morgan fingerprint density at radius 1 is 1.29 bits per heavy atom. The summed E-state index contributed by atoms with van der Waals surface area (Å²) < 4.78 is 14.2. The van der Waals surface area contributed by atoms with Crippen LogP contribution >= 0.6 is 15.9 Å². The lowest BCUT2D eigenvalue weighted by molar-refractivity contribution is -0.116. The Kier molecular flexibility index (Phi) is 3.92. The number of fused-ring (bicyclic) bond motifs is 1. The highest BCUT2D eigenvalue weighted by Crippen LogP contribution is 2.34. The van der Waals surface area contributed by atoms with E-state index in [2.05, 4.69) is 26.6 Å². The molecule has 0 saturated heterocycles. The van der Waals surface area contributed by atoms with Gasteiger partial charge in [0.25, 0.3) is 0 Å². The van der Waals surface area contributed by atoms with Gasteiger partial charge in [-0.2, -0.15) is 0 Å². The van der Waals surface area contributed by atoms with E-state index >= 15 is 0 Å². The van der Waals surface area contributed by atoms with Crippen molar-refractivity contribution in [1.82, 2.24) is 0 Å². The highest BCUT2D eigenvalue weighted by Gasteiger charge is 2.24. The van der Waals surface area contributed by atoms with Crippen molar-refractivity contribution in [3.63, 3.8) is 0 Å². The molecule has 0 bridgehead atoms. The largest absolute Gasteiger partial charge is 0.384 e. The summed E-state index contributed by atoms with van der Waals surface area (Å²) in [7, 11) is 0. The summed E-state index contributed by atoms with van der Waals surface area (Å²) in [5.74, 6) is -0.515. The molecule has 108 valence electrons. The lowest BCUT2D eigenvalue weighted by Crippen LogP contribution is -2.17. The van der Waals surface area contributed by atoms with E-state index in [4.69, 9.17) is 0 Å². The maximum Gasteiger partial charge on any atom is 0.225 e. The van der Waals surface area contributed by atoms with Crippen molar-refractivity contribution in [3.8, 4) is 0 Å². The van der Waals surface area contributed by atoms with Crippen LogP contribution < -0.4 is 10.6 Å². The highest BCUT2D eigenvalue weighted by molar-refractivity contribution is 9.10. The minimum Gasteiger partial charge on any atom is -0.384 e. The monoisotopic (exact) mass is 348 g/mol. The van der Waals surface area contributed by atoms with Gasteiger partial charge in [0.15, 0.2) is 0 Å². The van der Waals surface area contributed by atoms with Crippen LogP contribution in [0.4, 0.5) is 15.8 Å². The summed E-state index contributed by atoms with van der Waals surface area (Å²) in [6.07, 6.45) is 0.324. The van der Waals surface area contributed by atoms with Gasteiger partial charge in [-0.3, -0.25) is 4.79 Å². The molecule has 5 heteroatoms. The number of hydrogen-bond donors (Lipinski definition) is 2. The van der Waals surface area contributed by atoms with E-state index in [1.807, 2.05) is 24.3 Å². The Morgan fingerprint density at radius 3 is 2.90 bits per heavy atom. The molecular weight excluding hydrogens is 335 g/mol. The molecule has 1 amide bonds. The number of carbonyl (C=O) groups is 1. The van der Waals surface area contributed by atoms with Gasteiger partial charge in [0.2, 0.25) is 5.91 Å². The third-order valence-corrected chi connectivity index (χ3v) is 4.26. The summed E-state index contributed by atoms with van der Waals surface area (Å²) in [4.78, 5) is 12.2. The molecule has 21 heavy (non-hydrogen) atoms. The molecule has 0 spiro atoms. The molecule has 1 aliphatic heterocycles. The number of anilines is 2. The number of para-hydroxylation sites is 2. The lowest BCUT2D eigenvalue weighted by atomic mass is 9.97. The van der Waals surface area contributed by atoms with Gasteiger partial charge in [0.1, 0.15) is 5.82 Å². The second-order valence-corrected chi connectivity index (χ2v) is 5.87. The van der Waals surface area contributed by atoms with Gasteiger partial charge < -0.3 is 10.6 Å². The summed E-state index contributed by atoms with van der Waals surface area (Å²) in [6.45, 7) is 0.727. The van der Waals surface area contributed by atoms with Crippen LogP contribution in [0, 0.1) is 5.82 Å². The first-order valence-corrected chi connectivity index (χ1v) is 7.51. The molecule has 0 fully saturated rings. The van der Waals surface area contributed by atoms with Crippen molar-refractivity contribution in [2.45, 2.75) is 12.3 Å². The smallest absolute Gasteiger partial charge is 0.225 e. The van der Waals surface area contributed by atoms with E-state index in [-0.39, 0.29) is 17.5 Å². The first kappa shape index (κ1) is 14.1. The van der Waals surface area contributed by atoms with E-state index in [9.17, 15) is 9.18 Å². The maximum atomic E-state index is 13.7. The average molecular weight is 349 g/mol. The number of rotatable bonds is 3. The second-order valence-electron chi connectivity index (χ2n) is 5.01. The van der Waals surface area contributed by atoms with E-state index in [0.29, 0.717) is 10.9 Å². The summed E-state index contributed by atoms with van der Waals surface area (Å²) in [5, 5.41) is 5.93. The molecule has 1 atom stereocenters. The van der Waals surface area contributed by atoms with Crippen molar-refractivity contribution in [2.75, 3.05) is 17.2 Å². The van der Waals surface area contributed by atoms with E-state index in [1.54, 1.807) is 12.1 Å². The zero-order valence-corrected chi connectivity index (χ0v) is 12.8. The fourth-order valence-corrected chi connectivity index (χ4v) is 3.01. The number of halogens is 2. The van der Waals surface area contributed by atoms with E-state index < -0.39 is 5.82 Å². The van der Waals surface area contributed by atoms with Gasteiger partial charge in [-0.25, -0.2) is 4.39 Å². The van der Waals surface area contributed by atoms with Crippen LogP contribution in [0.1, 0.15) is 17.9 Å². The number of benzene rings is 2. The van der Waals surface area contributed by atoms with E-state index in [1.165, 1.54) is 6.07 Å². The summed E-state index contributed by atoms with van der Waals surface area (Å²) in [6, 6.07) is 12.6. The maximum absolute atomic E-state index is 13.7. The molecule has 2 N–H and O–H groups in total. The Labute approximate surface area is 130 Å². The number of amides is 1. The summed E-state index contributed by atoms with van der Waals surface area (Å²) >= 11 is 3.25. The molecule has 0 radical (unpaired) electrons. The first-order valence-electron chi connectivity index (χ1n) is 6.72. The van der Waals surface area contributed by atoms with Gasteiger partial charge in [0, 0.05) is 29.0 Å². The third kappa shape index (κ3) is 2.93. The minimum atomic E-state index is -0.442. The topological polar surface area (TPSA) is 41.1 Å². The predicted molar refractivity (Wildman–Crippen MR) is 85.0 cm³/mol. The van der Waals surface area contributed by atoms with Crippen LogP contribution in [0.5, 0.6) is 0 Å². The Hall–Kier alpha value is -1.88. The first-order chi connectivity index (χ1) is 10.1. The molecule has 2 aromatic rings. The minimum absolute atomic E-state index is 0.117. The predicted octanol–water partition coefficient (Wildman–Crippen LogP) is 4.13. The molecule has 1 unspecified atom stereocenters. The molecule has 1 aliphatic rings. The Morgan fingerprint density at radius 2 is 2.10 bits per heavy atom. The van der Waals surface area contributed by atoms with Crippen LogP contribution in [-0.2, 0) is 4.79 Å². The van der Waals surface area contributed by atoms with Crippen molar-refractivity contribution in [2.24, 2.45) is 0 Å². The number of hydrogen-bond acceptors (Lipinski definition) is 2. The SMILES string of the molecule is O=C(CC1CNc2ccccc21)Nc1c(F)cccc1Br. The van der Waals surface area contributed by atoms with Crippen LogP contribution in [-0.4, -0.2) is 12.5 Å². The summed E-state index contributed by atoms with van der Waals surface area (Å²) in [5.41, 5.74) is 2.41. The molecule has 0 saturated carbocycles. The van der Waals surface area contributed by atoms with Gasteiger partial charge in [-0.05, 0) is 39.7 Å². The van der Waals surface area contributed by atoms with Crippen LogP contribution in [0.3, 0.4) is 0 Å². The Balaban J connectivity index is 1.71. The molecule has 3 rings (SSSR count). The number of carbonyl (C=O) groups excluding carboxylic acids is 1. The Bertz CT molecular complexity index is 669. The normalized spacial score (nSPS) is 16.2. The third-order valence-electron chi connectivity index (χ3n) is 3.60. The van der Waals surface area contributed by atoms with Gasteiger partial charge in [-0.1, -0.05) is 24.3 Å². The molecule has 2 aromatic carbocycles. The lowest BCUT2D eigenvalue weighted by Gasteiger charge is -2.12. The van der Waals surface area contributed by atoms with Crippen molar-refractivity contribution in [3.05, 3.63) is 58.3 Å². The van der Waals surface area contributed by atoms with Crippen molar-refractivity contribution >= 4 is 33.2 Å². The number of nitrogens with one attached hydrogen (secondary N) is 2. The zero-order chi connectivity index (χ0) is 14.8. The molecule has 0 aliphatic carbocycles.